The molecule has 0 aliphatic carbocycles. The van der Waals surface area contributed by atoms with Crippen LogP contribution in [0, 0.1) is 0 Å². The van der Waals surface area contributed by atoms with Gasteiger partial charge in [0.15, 0.2) is 0 Å². The van der Waals surface area contributed by atoms with Gasteiger partial charge in [-0.1, -0.05) is 35.3 Å². The van der Waals surface area contributed by atoms with E-state index in [2.05, 4.69) is 10.3 Å². The first-order valence-corrected chi connectivity index (χ1v) is 6.65. The number of aromatic nitrogens is 1. The molecule has 0 unspecified atom stereocenters. The Morgan fingerprint density at radius 1 is 1.14 bits per heavy atom. The van der Waals surface area contributed by atoms with Crippen molar-refractivity contribution in [2.45, 2.75) is 6.42 Å². The molecule has 1 aromatic carbocycles. The molecule has 0 fully saturated rings. The molecule has 0 bridgehead atoms. The zero-order chi connectivity index (χ0) is 15.4. The van der Waals surface area contributed by atoms with Gasteiger partial charge in [-0.2, -0.15) is 0 Å². The van der Waals surface area contributed by atoms with Crippen LogP contribution in [0.4, 0.5) is 5.69 Å². The Labute approximate surface area is 130 Å². The molecule has 0 aliphatic heterocycles. The lowest BCUT2D eigenvalue weighted by atomic mass is 10.1. The molecule has 108 valence electrons. The number of benzene rings is 1. The minimum absolute atomic E-state index is 0.114. The summed E-state index contributed by atoms with van der Waals surface area (Å²) in [5, 5.41) is 11.6. The van der Waals surface area contributed by atoms with E-state index in [0.29, 0.717) is 11.3 Å². The van der Waals surface area contributed by atoms with Crippen LogP contribution >= 0.6 is 23.2 Å². The fourth-order valence-corrected chi connectivity index (χ4v) is 2.19. The predicted molar refractivity (Wildman–Crippen MR) is 80.0 cm³/mol. The first-order valence-electron chi connectivity index (χ1n) is 5.89. The molecule has 0 saturated carbocycles. The highest BCUT2D eigenvalue weighted by atomic mass is 35.5. The molecule has 2 aromatic rings. The van der Waals surface area contributed by atoms with Crippen LogP contribution < -0.4 is 5.32 Å². The normalized spacial score (nSPS) is 10.2. The first kappa shape index (κ1) is 15.3. The zero-order valence-corrected chi connectivity index (χ0v) is 12.1. The first-order chi connectivity index (χ1) is 9.94. The number of rotatable bonds is 4. The van der Waals surface area contributed by atoms with Crippen molar-refractivity contribution < 1.29 is 14.7 Å². The van der Waals surface area contributed by atoms with E-state index in [0.717, 1.165) is 0 Å². The highest BCUT2D eigenvalue weighted by Crippen LogP contribution is 2.17. The molecule has 7 heteroatoms. The lowest BCUT2D eigenvalue weighted by Gasteiger charge is -2.07. The van der Waals surface area contributed by atoms with Crippen LogP contribution in [0.5, 0.6) is 0 Å². The van der Waals surface area contributed by atoms with E-state index in [1.54, 1.807) is 24.3 Å². The van der Waals surface area contributed by atoms with Crippen molar-refractivity contribution in [3.05, 3.63) is 57.8 Å². The lowest BCUT2D eigenvalue weighted by molar-refractivity contribution is -0.136. The van der Waals surface area contributed by atoms with Crippen LogP contribution in [-0.4, -0.2) is 22.0 Å². The molecule has 21 heavy (non-hydrogen) atoms. The lowest BCUT2D eigenvalue weighted by Crippen LogP contribution is -2.12. The largest absolute Gasteiger partial charge is 0.481 e. The van der Waals surface area contributed by atoms with Gasteiger partial charge in [-0.15, -0.1) is 0 Å². The summed E-state index contributed by atoms with van der Waals surface area (Å²) in [7, 11) is 0. The number of halogens is 2. The molecule has 1 heterocycles. The highest BCUT2D eigenvalue weighted by Gasteiger charge is 2.10. The summed E-state index contributed by atoms with van der Waals surface area (Å²) in [6.07, 6.45) is -0.114. The minimum Gasteiger partial charge on any atom is -0.481 e. The van der Waals surface area contributed by atoms with Gasteiger partial charge in [0.05, 0.1) is 6.42 Å². The van der Waals surface area contributed by atoms with E-state index in [1.165, 1.54) is 12.1 Å². The van der Waals surface area contributed by atoms with Crippen LogP contribution in [0.2, 0.25) is 10.3 Å². The SMILES string of the molecule is O=C(O)Cc1cccc(NC(=O)c2cc(Cl)nc(Cl)c2)c1. The Bertz CT molecular complexity index is 684. The van der Waals surface area contributed by atoms with E-state index in [9.17, 15) is 9.59 Å². The number of carbonyl (C=O) groups is 2. The van der Waals surface area contributed by atoms with Gasteiger partial charge >= 0.3 is 5.97 Å². The van der Waals surface area contributed by atoms with Crippen LogP contribution in [0.1, 0.15) is 15.9 Å². The number of carboxylic acids is 1. The van der Waals surface area contributed by atoms with Crippen molar-refractivity contribution in [3.63, 3.8) is 0 Å². The van der Waals surface area contributed by atoms with Gasteiger partial charge in [0, 0.05) is 11.3 Å². The highest BCUT2D eigenvalue weighted by molar-refractivity contribution is 6.33. The maximum absolute atomic E-state index is 12.1. The molecule has 0 atom stereocenters. The molecule has 0 aliphatic rings. The summed E-state index contributed by atoms with van der Waals surface area (Å²) in [5.41, 5.74) is 1.34. The van der Waals surface area contributed by atoms with E-state index >= 15 is 0 Å². The minimum atomic E-state index is -0.939. The number of nitrogens with zero attached hydrogens (tertiary/aromatic N) is 1. The van der Waals surface area contributed by atoms with Crippen LogP contribution in [-0.2, 0) is 11.2 Å². The van der Waals surface area contributed by atoms with E-state index in [1.807, 2.05) is 0 Å². The Balaban J connectivity index is 2.17. The summed E-state index contributed by atoms with van der Waals surface area (Å²) in [6.45, 7) is 0. The Morgan fingerprint density at radius 3 is 2.43 bits per heavy atom. The molecule has 2 N–H and O–H groups in total. The molecule has 5 nitrogen and oxygen atoms in total. The topological polar surface area (TPSA) is 79.3 Å². The third-order valence-electron chi connectivity index (χ3n) is 2.57. The average molecular weight is 325 g/mol. The van der Waals surface area contributed by atoms with Crippen molar-refractivity contribution in [2.24, 2.45) is 0 Å². The van der Waals surface area contributed by atoms with Crippen molar-refractivity contribution in [1.29, 1.82) is 0 Å². The Hall–Kier alpha value is -2.11. The maximum atomic E-state index is 12.1. The summed E-state index contributed by atoms with van der Waals surface area (Å²) in [5.74, 6) is -1.35. The predicted octanol–water partition coefficient (Wildman–Crippen LogP) is 3.27. The molecule has 1 aromatic heterocycles. The summed E-state index contributed by atoms with van der Waals surface area (Å²) >= 11 is 11.5. The fourth-order valence-electron chi connectivity index (χ4n) is 1.73. The smallest absolute Gasteiger partial charge is 0.307 e. The molecular formula is C14H10Cl2N2O3. The standard InChI is InChI=1S/C14H10Cl2N2O3/c15-11-6-9(7-12(16)18-11)14(21)17-10-3-1-2-8(4-10)5-13(19)20/h1-4,6-7H,5H2,(H,17,21)(H,19,20). The molecule has 0 spiro atoms. The molecule has 1 amide bonds. The quantitative estimate of drug-likeness (QED) is 0.846. The molecule has 2 rings (SSSR count). The third-order valence-corrected chi connectivity index (χ3v) is 2.95. The summed E-state index contributed by atoms with van der Waals surface area (Å²) in [6, 6.07) is 9.38. The van der Waals surface area contributed by atoms with Crippen molar-refractivity contribution >= 4 is 40.8 Å². The van der Waals surface area contributed by atoms with E-state index in [-0.39, 0.29) is 22.3 Å². The molecule has 0 radical (unpaired) electrons. The van der Waals surface area contributed by atoms with Crippen molar-refractivity contribution in [1.82, 2.24) is 4.98 Å². The van der Waals surface area contributed by atoms with Gasteiger partial charge < -0.3 is 10.4 Å². The number of carbonyl (C=O) groups excluding carboxylic acids is 1. The van der Waals surface area contributed by atoms with Gasteiger partial charge in [-0.25, -0.2) is 4.98 Å². The number of anilines is 1. The second-order valence-corrected chi connectivity index (χ2v) is 5.00. The van der Waals surface area contributed by atoms with Gasteiger partial charge in [0.25, 0.3) is 5.91 Å². The van der Waals surface area contributed by atoms with Gasteiger partial charge in [-0.3, -0.25) is 9.59 Å². The molecule has 0 saturated heterocycles. The van der Waals surface area contributed by atoms with Gasteiger partial charge in [0.2, 0.25) is 0 Å². The van der Waals surface area contributed by atoms with Crippen molar-refractivity contribution in [2.75, 3.05) is 5.32 Å². The second kappa shape index (κ2) is 6.56. The molecular weight excluding hydrogens is 315 g/mol. The van der Waals surface area contributed by atoms with Crippen LogP contribution in [0.25, 0.3) is 0 Å². The van der Waals surface area contributed by atoms with E-state index in [4.69, 9.17) is 28.3 Å². The third kappa shape index (κ3) is 4.44. The maximum Gasteiger partial charge on any atom is 0.307 e. The average Bonchev–Trinajstić information content (AvgIpc) is 2.37. The van der Waals surface area contributed by atoms with Gasteiger partial charge in [-0.05, 0) is 29.8 Å². The number of hydrogen-bond donors (Lipinski definition) is 2. The summed E-state index contributed by atoms with van der Waals surface area (Å²) in [4.78, 5) is 26.5. The number of carboxylic acid groups (broad SMARTS) is 1. The van der Waals surface area contributed by atoms with E-state index < -0.39 is 11.9 Å². The number of amides is 1. The van der Waals surface area contributed by atoms with Crippen LogP contribution in [0.3, 0.4) is 0 Å². The van der Waals surface area contributed by atoms with Crippen molar-refractivity contribution in [3.8, 4) is 0 Å². The monoisotopic (exact) mass is 324 g/mol. The second-order valence-electron chi connectivity index (χ2n) is 4.23. The number of pyridine rings is 1. The number of nitrogens with one attached hydrogen (secondary N) is 1. The van der Waals surface area contributed by atoms with Gasteiger partial charge in [0.1, 0.15) is 10.3 Å². The van der Waals surface area contributed by atoms with Crippen LogP contribution in [0.15, 0.2) is 36.4 Å². The summed E-state index contributed by atoms with van der Waals surface area (Å²) < 4.78 is 0. The number of aliphatic carboxylic acids is 1. The zero-order valence-electron chi connectivity index (χ0n) is 10.6. The number of hydrogen-bond acceptors (Lipinski definition) is 3. The Morgan fingerprint density at radius 2 is 1.81 bits per heavy atom. The fraction of sp³-hybridized carbons (Fsp3) is 0.0714. The Kier molecular flexibility index (Phi) is 4.77.